The summed E-state index contributed by atoms with van der Waals surface area (Å²) in [5, 5.41) is 10.3. The third-order valence-electron chi connectivity index (χ3n) is 9.85. The minimum Gasteiger partial charge on any atom is -0.393 e. The van der Waals surface area contributed by atoms with Gasteiger partial charge in [-0.05, 0) is 92.4 Å². The first-order valence-electron chi connectivity index (χ1n) is 12.8. The summed E-state index contributed by atoms with van der Waals surface area (Å²) in [5.74, 6) is 2.07. The Kier molecular flexibility index (Phi) is 6.13. The summed E-state index contributed by atoms with van der Waals surface area (Å²) in [7, 11) is 0. The van der Waals surface area contributed by atoms with Crippen LogP contribution in [0.2, 0.25) is 0 Å². The Morgan fingerprint density at radius 3 is 2.61 bits per heavy atom. The highest BCUT2D eigenvalue weighted by molar-refractivity contribution is 6.12. The summed E-state index contributed by atoms with van der Waals surface area (Å²) >= 11 is 0. The molecule has 0 aromatic rings. The van der Waals surface area contributed by atoms with E-state index in [4.69, 9.17) is 4.99 Å². The highest BCUT2D eigenvalue weighted by Gasteiger charge is 2.54. The van der Waals surface area contributed by atoms with Crippen molar-refractivity contribution < 1.29 is 9.90 Å². The van der Waals surface area contributed by atoms with Crippen molar-refractivity contribution in [3.05, 3.63) is 23.3 Å². The third-order valence-corrected chi connectivity index (χ3v) is 9.85. The number of carbonyl (C=O) groups excluding carboxylic acids is 1. The zero-order chi connectivity index (χ0) is 22.6. The Bertz CT molecular complexity index is 821. The first kappa shape index (κ1) is 23.0. The van der Waals surface area contributed by atoms with Gasteiger partial charge >= 0.3 is 0 Å². The van der Waals surface area contributed by atoms with E-state index in [-0.39, 0.29) is 22.8 Å². The van der Waals surface area contributed by atoms with E-state index in [1.165, 1.54) is 11.1 Å². The average molecular weight is 426 g/mol. The van der Waals surface area contributed by atoms with Crippen molar-refractivity contribution in [1.82, 2.24) is 0 Å². The number of aliphatic hydroxyl groups is 1. The second kappa shape index (κ2) is 8.28. The summed E-state index contributed by atoms with van der Waals surface area (Å²) < 4.78 is 0. The van der Waals surface area contributed by atoms with Gasteiger partial charge in [0.15, 0.2) is 0 Å². The van der Waals surface area contributed by atoms with E-state index in [9.17, 15) is 9.90 Å². The van der Waals surface area contributed by atoms with E-state index in [0.29, 0.717) is 30.1 Å². The van der Waals surface area contributed by atoms with Gasteiger partial charge in [0.1, 0.15) is 0 Å². The van der Waals surface area contributed by atoms with Crippen molar-refractivity contribution in [3.8, 4) is 0 Å². The number of allylic oxidation sites excluding steroid dienone is 3. The van der Waals surface area contributed by atoms with Gasteiger partial charge < -0.3 is 5.11 Å². The molecule has 4 aliphatic rings. The van der Waals surface area contributed by atoms with Gasteiger partial charge in [0.2, 0.25) is 5.91 Å². The Morgan fingerprint density at radius 2 is 1.90 bits per heavy atom. The Hall–Kier alpha value is -1.22. The van der Waals surface area contributed by atoms with E-state index in [1.807, 2.05) is 0 Å². The molecule has 1 N–H and O–H groups in total. The lowest BCUT2D eigenvalue weighted by Crippen LogP contribution is -2.50. The van der Waals surface area contributed by atoms with Crippen LogP contribution in [0.15, 0.2) is 28.3 Å². The average Bonchev–Trinajstić information content (AvgIpc) is 2.72. The van der Waals surface area contributed by atoms with Crippen LogP contribution >= 0.6 is 0 Å². The van der Waals surface area contributed by atoms with E-state index >= 15 is 0 Å². The van der Waals surface area contributed by atoms with E-state index in [2.05, 4.69) is 41.2 Å². The quantitative estimate of drug-likeness (QED) is 0.501. The summed E-state index contributed by atoms with van der Waals surface area (Å²) in [6.45, 7) is 15.9. The summed E-state index contributed by atoms with van der Waals surface area (Å²) in [6.07, 6.45) is 9.99. The van der Waals surface area contributed by atoms with E-state index < -0.39 is 0 Å². The predicted molar refractivity (Wildman–Crippen MR) is 128 cm³/mol. The maximum absolute atomic E-state index is 12.8. The predicted octanol–water partition coefficient (Wildman–Crippen LogP) is 6.66. The van der Waals surface area contributed by atoms with Gasteiger partial charge in [-0.3, -0.25) is 4.79 Å². The second-order valence-corrected chi connectivity index (χ2v) is 11.9. The fourth-order valence-electron chi connectivity index (χ4n) is 7.44. The number of amides is 1. The molecular formula is C28H43NO2. The zero-order valence-corrected chi connectivity index (χ0v) is 20.5. The molecule has 1 heterocycles. The molecule has 3 aliphatic carbocycles. The van der Waals surface area contributed by atoms with Gasteiger partial charge in [-0.2, -0.15) is 0 Å². The first-order valence-corrected chi connectivity index (χ1v) is 12.8. The molecular weight excluding hydrogens is 382 g/mol. The Labute approximate surface area is 189 Å². The Morgan fingerprint density at radius 1 is 1.16 bits per heavy atom. The zero-order valence-electron chi connectivity index (χ0n) is 20.5. The van der Waals surface area contributed by atoms with Crippen molar-refractivity contribution in [3.63, 3.8) is 0 Å². The number of hydrogen-bond acceptors (Lipinski definition) is 2. The highest BCUT2D eigenvalue weighted by Crippen LogP contribution is 2.60. The summed E-state index contributed by atoms with van der Waals surface area (Å²) in [6, 6.07) is 0. The molecule has 0 radical (unpaired) electrons. The van der Waals surface area contributed by atoms with Gasteiger partial charge in [-0.25, -0.2) is 4.99 Å². The van der Waals surface area contributed by atoms with Crippen molar-refractivity contribution in [2.45, 2.75) is 105 Å². The molecule has 6 atom stereocenters. The number of carbonyl (C=O) groups is 1. The van der Waals surface area contributed by atoms with Crippen LogP contribution in [0, 0.1) is 34.5 Å². The number of aliphatic imine (C=N–C) groups is 1. The monoisotopic (exact) mass is 425 g/mol. The van der Waals surface area contributed by atoms with Gasteiger partial charge in [-0.1, -0.05) is 52.3 Å². The molecule has 4 rings (SSSR count). The summed E-state index contributed by atoms with van der Waals surface area (Å²) in [4.78, 5) is 17.6. The maximum Gasteiger partial charge on any atom is 0.246 e. The van der Waals surface area contributed by atoms with Gasteiger partial charge in [0, 0.05) is 11.8 Å². The van der Waals surface area contributed by atoms with Crippen LogP contribution in [0.5, 0.6) is 0 Å². The van der Waals surface area contributed by atoms with Gasteiger partial charge in [0.25, 0.3) is 0 Å². The Balaban J connectivity index is 1.63. The third kappa shape index (κ3) is 3.90. The fourth-order valence-corrected chi connectivity index (χ4v) is 7.44. The smallest absolute Gasteiger partial charge is 0.246 e. The van der Waals surface area contributed by atoms with Gasteiger partial charge in [-0.15, -0.1) is 0 Å². The van der Waals surface area contributed by atoms with Crippen LogP contribution in [-0.4, -0.2) is 22.8 Å². The lowest BCUT2D eigenvalue weighted by molar-refractivity contribution is -0.121. The van der Waals surface area contributed by atoms with Gasteiger partial charge in [0.05, 0.1) is 11.8 Å². The van der Waals surface area contributed by atoms with Crippen LogP contribution in [0.25, 0.3) is 0 Å². The highest BCUT2D eigenvalue weighted by atomic mass is 16.3. The molecule has 0 aromatic heterocycles. The largest absolute Gasteiger partial charge is 0.393 e. The van der Waals surface area contributed by atoms with Crippen molar-refractivity contribution in [1.29, 1.82) is 0 Å². The number of aliphatic hydroxyl groups excluding tert-OH is 1. The molecule has 3 nitrogen and oxygen atoms in total. The SMILES string of the molecule is C=C(CC[C@H](C)[C@@H]1CC(=O)N=C2C3=C(CC[C@@]21C)[C@@]1(C)CC[C@H](O)C[C@@H]1CC3)C(C)C. The molecule has 0 saturated heterocycles. The maximum atomic E-state index is 12.8. The molecule has 1 fully saturated rings. The normalized spacial score (nSPS) is 38.9. The molecule has 1 saturated carbocycles. The summed E-state index contributed by atoms with van der Waals surface area (Å²) in [5.41, 5.74) is 5.69. The van der Waals surface area contributed by atoms with Crippen molar-refractivity contribution >= 4 is 11.6 Å². The van der Waals surface area contributed by atoms with E-state index in [0.717, 1.165) is 63.5 Å². The minimum atomic E-state index is -0.131. The first-order chi connectivity index (χ1) is 14.6. The molecule has 1 amide bonds. The lowest BCUT2D eigenvalue weighted by atomic mass is 9.50. The van der Waals surface area contributed by atoms with E-state index in [1.54, 1.807) is 5.57 Å². The lowest BCUT2D eigenvalue weighted by Gasteiger charge is -2.55. The molecule has 3 heteroatoms. The van der Waals surface area contributed by atoms with Crippen LogP contribution in [-0.2, 0) is 4.79 Å². The number of rotatable bonds is 5. The van der Waals surface area contributed by atoms with Crippen LogP contribution < -0.4 is 0 Å². The molecule has 31 heavy (non-hydrogen) atoms. The number of nitrogens with zero attached hydrogens (tertiary/aromatic N) is 1. The van der Waals surface area contributed by atoms with Crippen LogP contribution in [0.1, 0.15) is 98.8 Å². The second-order valence-electron chi connectivity index (χ2n) is 11.9. The molecule has 0 spiro atoms. The minimum absolute atomic E-state index is 0.0166. The van der Waals surface area contributed by atoms with Crippen LogP contribution in [0.3, 0.4) is 0 Å². The van der Waals surface area contributed by atoms with Crippen molar-refractivity contribution in [2.75, 3.05) is 0 Å². The molecule has 0 unspecified atom stereocenters. The van der Waals surface area contributed by atoms with Crippen LogP contribution in [0.4, 0.5) is 0 Å². The molecule has 0 aromatic carbocycles. The molecule has 1 aliphatic heterocycles. The number of fused-ring (bicyclic) bond motifs is 4. The number of hydrogen-bond donors (Lipinski definition) is 1. The molecule has 0 bridgehead atoms. The van der Waals surface area contributed by atoms with Crippen molar-refractivity contribution in [2.24, 2.45) is 39.5 Å². The molecule has 172 valence electrons. The fraction of sp³-hybridized carbons (Fsp3) is 0.786. The topological polar surface area (TPSA) is 49.7 Å². The standard InChI is InChI=1S/C28H43NO2/c1-17(2)18(3)7-8-19(4)24-16-25(31)29-26-22-10-9-20-15-21(30)11-13-27(20,5)23(22)12-14-28(24,26)6/h17,19-21,24,30H,3,7-16H2,1-2,4-6H3/t19-,20-,21-,24-,27-,28+/m0/s1.